The molecule has 0 aromatic carbocycles. The fourth-order valence-corrected chi connectivity index (χ4v) is 0.955. The monoisotopic (exact) mass is 210 g/mol. The zero-order valence-corrected chi connectivity index (χ0v) is 7.45. The Kier molecular flexibility index (Phi) is 2.75. The van der Waals surface area contributed by atoms with Crippen molar-refractivity contribution in [1.82, 2.24) is 9.97 Å². The molecule has 72 valence electrons. The number of alkyl halides is 4. The molecule has 0 unspecified atom stereocenters. The second kappa shape index (κ2) is 3.49. The highest BCUT2D eigenvalue weighted by Gasteiger charge is 2.33. The Morgan fingerprint density at radius 2 is 2.00 bits per heavy atom. The highest BCUT2D eigenvalue weighted by atomic mass is 35.5. The first kappa shape index (κ1) is 10.2. The van der Waals surface area contributed by atoms with E-state index in [9.17, 15) is 13.2 Å². The standard InChI is InChI=1S/C7H6ClF3N2/c1-4-2-5(7(9,10)11)13-6(3-8)12-4/h2H,3H2,1H3. The van der Waals surface area contributed by atoms with Gasteiger partial charge < -0.3 is 0 Å². The van der Waals surface area contributed by atoms with Crippen molar-refractivity contribution in [3.05, 3.63) is 23.3 Å². The number of rotatable bonds is 1. The van der Waals surface area contributed by atoms with E-state index in [1.54, 1.807) is 0 Å². The summed E-state index contributed by atoms with van der Waals surface area (Å²) in [5.74, 6) is -0.126. The minimum Gasteiger partial charge on any atom is -0.237 e. The van der Waals surface area contributed by atoms with Crippen LogP contribution < -0.4 is 0 Å². The molecule has 0 atom stereocenters. The zero-order chi connectivity index (χ0) is 10.1. The summed E-state index contributed by atoms with van der Waals surface area (Å²) in [6.07, 6.45) is -4.44. The topological polar surface area (TPSA) is 25.8 Å². The molecule has 0 spiro atoms. The maximum absolute atomic E-state index is 12.2. The summed E-state index contributed by atoms with van der Waals surface area (Å²) in [6.45, 7) is 1.47. The fourth-order valence-electron chi connectivity index (χ4n) is 0.835. The Morgan fingerprint density at radius 3 is 2.46 bits per heavy atom. The molecule has 1 rings (SSSR count). The molecule has 1 aromatic heterocycles. The van der Waals surface area contributed by atoms with Gasteiger partial charge in [0.25, 0.3) is 0 Å². The van der Waals surface area contributed by atoms with Crippen molar-refractivity contribution < 1.29 is 13.2 Å². The van der Waals surface area contributed by atoms with Gasteiger partial charge in [-0.25, -0.2) is 9.97 Å². The average Bonchev–Trinajstić information content (AvgIpc) is 2.01. The number of hydrogen-bond acceptors (Lipinski definition) is 2. The summed E-state index contributed by atoms with van der Waals surface area (Å²) in [5.41, 5.74) is -0.686. The minimum absolute atomic E-state index is 0.00556. The van der Waals surface area contributed by atoms with E-state index in [-0.39, 0.29) is 17.4 Å². The van der Waals surface area contributed by atoms with Crippen LogP contribution >= 0.6 is 11.6 Å². The molecule has 0 amide bonds. The van der Waals surface area contributed by atoms with Crippen LogP contribution in [0.25, 0.3) is 0 Å². The Labute approximate surface area is 77.8 Å². The number of hydrogen-bond donors (Lipinski definition) is 0. The number of nitrogens with zero attached hydrogens (tertiary/aromatic N) is 2. The molecule has 0 aliphatic heterocycles. The average molecular weight is 211 g/mol. The lowest BCUT2D eigenvalue weighted by atomic mass is 10.3. The highest BCUT2D eigenvalue weighted by Crippen LogP contribution is 2.27. The van der Waals surface area contributed by atoms with Crippen molar-refractivity contribution in [2.75, 3.05) is 0 Å². The molecule has 0 fully saturated rings. The van der Waals surface area contributed by atoms with E-state index >= 15 is 0 Å². The van der Waals surface area contributed by atoms with Gasteiger partial charge in [-0.3, -0.25) is 0 Å². The summed E-state index contributed by atoms with van der Waals surface area (Å²) >= 11 is 5.33. The molecule has 0 N–H and O–H groups in total. The molecule has 0 radical (unpaired) electrons. The Balaban J connectivity index is 3.16. The van der Waals surface area contributed by atoms with Crippen LogP contribution in [0.2, 0.25) is 0 Å². The van der Waals surface area contributed by atoms with Crippen LogP contribution in [0.1, 0.15) is 17.2 Å². The third-order valence-electron chi connectivity index (χ3n) is 1.31. The molecule has 1 aromatic rings. The largest absolute Gasteiger partial charge is 0.433 e. The third kappa shape index (κ3) is 2.55. The lowest BCUT2D eigenvalue weighted by Crippen LogP contribution is -2.11. The van der Waals surface area contributed by atoms with E-state index in [0.717, 1.165) is 6.07 Å². The molecular formula is C7H6ClF3N2. The summed E-state index contributed by atoms with van der Waals surface area (Å²) < 4.78 is 36.5. The van der Waals surface area contributed by atoms with E-state index in [1.165, 1.54) is 6.92 Å². The van der Waals surface area contributed by atoms with Crippen molar-refractivity contribution >= 4 is 11.6 Å². The lowest BCUT2D eigenvalue weighted by molar-refractivity contribution is -0.141. The highest BCUT2D eigenvalue weighted by molar-refractivity contribution is 6.16. The first-order chi connectivity index (χ1) is 5.93. The Morgan fingerprint density at radius 1 is 1.38 bits per heavy atom. The van der Waals surface area contributed by atoms with E-state index < -0.39 is 11.9 Å². The summed E-state index contributed by atoms with van der Waals surface area (Å²) in [7, 11) is 0. The van der Waals surface area contributed by atoms with Crippen LogP contribution in [0, 0.1) is 6.92 Å². The predicted octanol–water partition coefficient (Wildman–Crippen LogP) is 2.54. The lowest BCUT2D eigenvalue weighted by Gasteiger charge is -2.06. The van der Waals surface area contributed by atoms with Gasteiger partial charge in [-0.2, -0.15) is 13.2 Å². The summed E-state index contributed by atoms with van der Waals surface area (Å²) in [4.78, 5) is 6.98. The number of aryl methyl sites for hydroxylation is 1. The molecule has 1 heterocycles. The molecule has 0 aliphatic carbocycles. The third-order valence-corrected chi connectivity index (χ3v) is 1.55. The molecule has 0 bridgehead atoms. The van der Waals surface area contributed by atoms with Crippen molar-refractivity contribution in [2.45, 2.75) is 19.0 Å². The van der Waals surface area contributed by atoms with Crippen molar-refractivity contribution in [1.29, 1.82) is 0 Å². The van der Waals surface area contributed by atoms with Crippen molar-refractivity contribution in [3.63, 3.8) is 0 Å². The van der Waals surface area contributed by atoms with Crippen LogP contribution in [0.4, 0.5) is 13.2 Å². The van der Waals surface area contributed by atoms with Crippen LogP contribution in [0.15, 0.2) is 6.07 Å². The smallest absolute Gasteiger partial charge is 0.237 e. The van der Waals surface area contributed by atoms with Gasteiger partial charge in [-0.1, -0.05) is 0 Å². The SMILES string of the molecule is Cc1cc(C(F)(F)F)nc(CCl)n1. The van der Waals surface area contributed by atoms with Crippen LogP contribution in [0.3, 0.4) is 0 Å². The van der Waals surface area contributed by atoms with Gasteiger partial charge in [0.2, 0.25) is 0 Å². The van der Waals surface area contributed by atoms with Crippen LogP contribution in [-0.2, 0) is 12.1 Å². The Bertz CT molecular complexity index is 311. The van der Waals surface area contributed by atoms with Gasteiger partial charge in [-0.05, 0) is 13.0 Å². The van der Waals surface area contributed by atoms with Crippen LogP contribution in [-0.4, -0.2) is 9.97 Å². The quantitative estimate of drug-likeness (QED) is 0.666. The second-order valence-electron chi connectivity index (χ2n) is 2.44. The Hall–Kier alpha value is -0.840. The molecule has 0 saturated heterocycles. The maximum Gasteiger partial charge on any atom is 0.433 e. The van der Waals surface area contributed by atoms with E-state index in [4.69, 9.17) is 11.6 Å². The van der Waals surface area contributed by atoms with Gasteiger partial charge in [0.05, 0.1) is 5.88 Å². The normalized spacial score (nSPS) is 11.8. The van der Waals surface area contributed by atoms with Gasteiger partial charge >= 0.3 is 6.18 Å². The van der Waals surface area contributed by atoms with Crippen molar-refractivity contribution in [3.8, 4) is 0 Å². The summed E-state index contributed by atoms with van der Waals surface area (Å²) in [5, 5.41) is 0. The fraction of sp³-hybridized carbons (Fsp3) is 0.429. The van der Waals surface area contributed by atoms with Gasteiger partial charge in [0, 0.05) is 5.69 Å². The first-order valence-electron chi connectivity index (χ1n) is 3.41. The maximum atomic E-state index is 12.2. The molecule has 13 heavy (non-hydrogen) atoms. The molecule has 0 saturated carbocycles. The predicted molar refractivity (Wildman–Crippen MR) is 41.3 cm³/mol. The van der Waals surface area contributed by atoms with E-state index in [2.05, 4.69) is 9.97 Å². The second-order valence-corrected chi connectivity index (χ2v) is 2.71. The zero-order valence-electron chi connectivity index (χ0n) is 6.69. The first-order valence-corrected chi connectivity index (χ1v) is 3.94. The molecular weight excluding hydrogens is 205 g/mol. The van der Waals surface area contributed by atoms with Crippen LogP contribution in [0.5, 0.6) is 0 Å². The van der Waals surface area contributed by atoms with Crippen molar-refractivity contribution in [2.24, 2.45) is 0 Å². The van der Waals surface area contributed by atoms with E-state index in [0.29, 0.717) is 0 Å². The van der Waals surface area contributed by atoms with Gasteiger partial charge in [0.1, 0.15) is 11.5 Å². The number of aromatic nitrogens is 2. The van der Waals surface area contributed by atoms with Gasteiger partial charge in [-0.15, -0.1) is 11.6 Å². The number of halogens is 4. The minimum atomic E-state index is -4.44. The molecule has 2 nitrogen and oxygen atoms in total. The molecule has 6 heteroatoms. The summed E-state index contributed by atoms with van der Waals surface area (Å²) in [6, 6.07) is 0.885. The molecule has 0 aliphatic rings. The van der Waals surface area contributed by atoms with Gasteiger partial charge in [0.15, 0.2) is 0 Å². The van der Waals surface area contributed by atoms with E-state index in [1.807, 2.05) is 0 Å².